The standard InChI is InChI=1S/C13H15ClN2O2S/c1-7(8-2-3-8)15-13(17)10-6-9(16-18-10)11-4-5-12(14)19-11/h4-5,7-8,10H,2-3,6H2,1H3,(H,15,17)/t7-,10-/m0/s1. The highest BCUT2D eigenvalue weighted by Gasteiger charge is 2.34. The molecule has 2 aliphatic rings. The predicted octanol–water partition coefficient (Wildman–Crippen LogP) is 2.81. The van der Waals surface area contributed by atoms with Crippen LogP contribution in [0.2, 0.25) is 4.34 Å². The Balaban J connectivity index is 1.56. The van der Waals surface area contributed by atoms with Gasteiger partial charge in [0.05, 0.1) is 9.21 Å². The smallest absolute Gasteiger partial charge is 0.264 e. The molecule has 0 radical (unpaired) electrons. The molecule has 1 aliphatic heterocycles. The van der Waals surface area contributed by atoms with Gasteiger partial charge in [-0.1, -0.05) is 16.8 Å². The Hall–Kier alpha value is -1.07. The maximum Gasteiger partial charge on any atom is 0.264 e. The lowest BCUT2D eigenvalue weighted by Gasteiger charge is -2.15. The summed E-state index contributed by atoms with van der Waals surface area (Å²) in [6, 6.07) is 3.96. The fourth-order valence-electron chi connectivity index (χ4n) is 2.16. The highest BCUT2D eigenvalue weighted by molar-refractivity contribution is 7.18. The van der Waals surface area contributed by atoms with Crippen LogP contribution in [0, 0.1) is 5.92 Å². The van der Waals surface area contributed by atoms with Crippen LogP contribution < -0.4 is 5.32 Å². The van der Waals surface area contributed by atoms with Crippen molar-refractivity contribution >= 4 is 34.6 Å². The molecule has 0 unspecified atom stereocenters. The minimum Gasteiger partial charge on any atom is -0.382 e. The minimum absolute atomic E-state index is 0.0687. The van der Waals surface area contributed by atoms with Crippen molar-refractivity contribution in [3.63, 3.8) is 0 Å². The van der Waals surface area contributed by atoms with Crippen molar-refractivity contribution in [2.75, 3.05) is 0 Å². The Morgan fingerprint density at radius 1 is 1.58 bits per heavy atom. The van der Waals surface area contributed by atoms with Crippen LogP contribution in [0.4, 0.5) is 0 Å². The summed E-state index contributed by atoms with van der Waals surface area (Å²) in [4.78, 5) is 18.2. The fourth-order valence-corrected chi connectivity index (χ4v) is 3.20. The van der Waals surface area contributed by atoms with Crippen molar-refractivity contribution in [3.8, 4) is 0 Å². The second-order valence-electron chi connectivity index (χ2n) is 5.07. The summed E-state index contributed by atoms with van der Waals surface area (Å²) in [5, 5.41) is 7.00. The zero-order valence-corrected chi connectivity index (χ0v) is 12.1. The van der Waals surface area contributed by atoms with E-state index in [-0.39, 0.29) is 11.9 Å². The molecule has 1 fully saturated rings. The number of nitrogens with one attached hydrogen (secondary N) is 1. The molecule has 3 rings (SSSR count). The van der Waals surface area contributed by atoms with E-state index in [0.717, 1.165) is 10.6 Å². The number of amides is 1. The lowest BCUT2D eigenvalue weighted by molar-refractivity contribution is -0.131. The van der Waals surface area contributed by atoms with Gasteiger partial charge in [0.2, 0.25) is 6.10 Å². The minimum atomic E-state index is -0.503. The molecular weight excluding hydrogens is 284 g/mol. The zero-order chi connectivity index (χ0) is 13.4. The van der Waals surface area contributed by atoms with E-state index in [1.807, 2.05) is 19.1 Å². The first kappa shape index (κ1) is 12.9. The molecule has 0 bridgehead atoms. The van der Waals surface area contributed by atoms with E-state index in [4.69, 9.17) is 16.4 Å². The van der Waals surface area contributed by atoms with E-state index in [1.54, 1.807) is 0 Å². The van der Waals surface area contributed by atoms with E-state index in [2.05, 4.69) is 10.5 Å². The molecule has 1 saturated carbocycles. The van der Waals surface area contributed by atoms with Gasteiger partial charge in [-0.25, -0.2) is 0 Å². The molecule has 1 N–H and O–H groups in total. The molecule has 0 saturated heterocycles. The van der Waals surface area contributed by atoms with Crippen LogP contribution in [-0.2, 0) is 9.63 Å². The quantitative estimate of drug-likeness (QED) is 0.929. The highest BCUT2D eigenvalue weighted by atomic mass is 35.5. The van der Waals surface area contributed by atoms with Crippen LogP contribution in [0.3, 0.4) is 0 Å². The van der Waals surface area contributed by atoms with Crippen LogP contribution in [0.15, 0.2) is 17.3 Å². The molecule has 0 aromatic carbocycles. The average molecular weight is 299 g/mol. The van der Waals surface area contributed by atoms with Gasteiger partial charge in [0.15, 0.2) is 0 Å². The number of thiophene rings is 1. The monoisotopic (exact) mass is 298 g/mol. The first-order valence-electron chi connectivity index (χ1n) is 6.42. The van der Waals surface area contributed by atoms with Crippen molar-refractivity contribution in [2.45, 2.75) is 38.3 Å². The normalized spacial score (nSPS) is 23.7. The molecule has 1 aromatic heterocycles. The molecule has 6 heteroatoms. The fraction of sp³-hybridized carbons (Fsp3) is 0.538. The van der Waals surface area contributed by atoms with Gasteiger partial charge < -0.3 is 10.2 Å². The number of rotatable bonds is 4. The Morgan fingerprint density at radius 3 is 3.00 bits per heavy atom. The summed E-state index contributed by atoms with van der Waals surface area (Å²) in [6.45, 7) is 2.05. The Morgan fingerprint density at radius 2 is 2.37 bits per heavy atom. The highest BCUT2D eigenvalue weighted by Crippen LogP contribution is 2.32. The third-order valence-electron chi connectivity index (χ3n) is 3.52. The molecule has 102 valence electrons. The Labute approximate surface area is 120 Å². The van der Waals surface area contributed by atoms with Gasteiger partial charge in [-0.15, -0.1) is 11.3 Å². The van der Waals surface area contributed by atoms with Crippen LogP contribution in [-0.4, -0.2) is 23.8 Å². The van der Waals surface area contributed by atoms with E-state index < -0.39 is 6.10 Å². The van der Waals surface area contributed by atoms with Crippen molar-refractivity contribution in [1.29, 1.82) is 0 Å². The van der Waals surface area contributed by atoms with Gasteiger partial charge >= 0.3 is 0 Å². The molecule has 2 atom stereocenters. The molecule has 19 heavy (non-hydrogen) atoms. The molecule has 1 aromatic rings. The molecule has 1 aliphatic carbocycles. The van der Waals surface area contributed by atoms with Crippen LogP contribution in [0.1, 0.15) is 31.1 Å². The van der Waals surface area contributed by atoms with E-state index >= 15 is 0 Å². The first-order chi connectivity index (χ1) is 9.13. The summed E-state index contributed by atoms with van der Waals surface area (Å²) >= 11 is 7.34. The zero-order valence-electron chi connectivity index (χ0n) is 10.6. The second kappa shape index (κ2) is 5.13. The molecule has 2 heterocycles. The topological polar surface area (TPSA) is 50.7 Å². The maximum absolute atomic E-state index is 12.0. The van der Waals surface area contributed by atoms with Crippen LogP contribution >= 0.6 is 22.9 Å². The van der Waals surface area contributed by atoms with Gasteiger partial charge in [0.25, 0.3) is 5.91 Å². The predicted molar refractivity (Wildman–Crippen MR) is 75.7 cm³/mol. The number of hydrogen-bond acceptors (Lipinski definition) is 4. The Bertz CT molecular complexity index is 524. The summed E-state index contributed by atoms with van der Waals surface area (Å²) in [7, 11) is 0. The second-order valence-corrected chi connectivity index (χ2v) is 6.79. The van der Waals surface area contributed by atoms with Crippen LogP contribution in [0.5, 0.6) is 0 Å². The molecular formula is C13H15ClN2O2S. The summed E-state index contributed by atoms with van der Waals surface area (Å²) in [6.07, 6.45) is 2.43. The van der Waals surface area contributed by atoms with E-state index in [0.29, 0.717) is 16.7 Å². The SMILES string of the molecule is C[C@H](NC(=O)[C@@H]1CC(c2ccc(Cl)s2)=NO1)C1CC1. The largest absolute Gasteiger partial charge is 0.382 e. The van der Waals surface area contributed by atoms with Crippen molar-refractivity contribution in [2.24, 2.45) is 11.1 Å². The van der Waals surface area contributed by atoms with Crippen molar-refractivity contribution < 1.29 is 9.63 Å². The van der Waals surface area contributed by atoms with Crippen LogP contribution in [0.25, 0.3) is 0 Å². The average Bonchev–Trinajstić information content (AvgIpc) is 2.95. The lowest BCUT2D eigenvalue weighted by Crippen LogP contribution is -2.41. The number of carbonyl (C=O) groups is 1. The number of nitrogens with zero attached hydrogens (tertiary/aromatic N) is 1. The van der Waals surface area contributed by atoms with Gasteiger partial charge in [0, 0.05) is 12.5 Å². The molecule has 4 nitrogen and oxygen atoms in total. The van der Waals surface area contributed by atoms with Crippen molar-refractivity contribution in [3.05, 3.63) is 21.3 Å². The summed E-state index contributed by atoms with van der Waals surface area (Å²) in [5.41, 5.74) is 0.802. The number of hydrogen-bond donors (Lipinski definition) is 1. The molecule has 1 amide bonds. The summed E-state index contributed by atoms with van der Waals surface area (Å²) < 4.78 is 0.716. The number of halogens is 1. The Kier molecular flexibility index (Phi) is 3.50. The van der Waals surface area contributed by atoms with Crippen molar-refractivity contribution in [1.82, 2.24) is 5.32 Å². The van der Waals surface area contributed by atoms with E-state index in [1.165, 1.54) is 24.2 Å². The van der Waals surface area contributed by atoms with E-state index in [9.17, 15) is 4.79 Å². The van der Waals surface area contributed by atoms with Gasteiger partial charge in [-0.3, -0.25) is 4.79 Å². The lowest BCUT2D eigenvalue weighted by atomic mass is 10.1. The molecule has 0 spiro atoms. The summed E-state index contributed by atoms with van der Waals surface area (Å²) in [5.74, 6) is 0.572. The number of carbonyl (C=O) groups excluding carboxylic acids is 1. The third kappa shape index (κ3) is 2.92. The van der Waals surface area contributed by atoms with Gasteiger partial charge in [-0.2, -0.15) is 0 Å². The first-order valence-corrected chi connectivity index (χ1v) is 7.61. The third-order valence-corrected chi connectivity index (χ3v) is 4.80. The van der Waals surface area contributed by atoms with Gasteiger partial charge in [-0.05, 0) is 37.8 Å². The maximum atomic E-state index is 12.0. The number of oxime groups is 1. The van der Waals surface area contributed by atoms with Gasteiger partial charge in [0.1, 0.15) is 5.71 Å².